The second-order valence-electron chi connectivity index (χ2n) is 6.76. The maximum atomic E-state index is 14.1. The highest BCUT2D eigenvalue weighted by atomic mass is 19.1. The van der Waals surface area contributed by atoms with E-state index in [2.05, 4.69) is 20.1 Å². The fourth-order valence-corrected chi connectivity index (χ4v) is 3.22. The molecule has 4 aromatic rings. The molecular weight excluding hydrogens is 408 g/mol. The standard InChI is InChI=1S/C21H17F2N5O3/c1-3-16-18(31-11(2)29)21(30)26-19(25-16)17-14-8-13(22)9-24-20(14)28(27-17)10-12-6-4-5-7-15(12)23/h4-9H,3,10H2,1-2H3,(H,25,26,30). The van der Waals surface area contributed by atoms with Gasteiger partial charge in [-0.1, -0.05) is 25.1 Å². The summed E-state index contributed by atoms with van der Waals surface area (Å²) >= 11 is 0. The van der Waals surface area contributed by atoms with E-state index in [9.17, 15) is 18.4 Å². The van der Waals surface area contributed by atoms with Crippen molar-refractivity contribution in [2.45, 2.75) is 26.8 Å². The van der Waals surface area contributed by atoms with Crippen molar-refractivity contribution in [1.29, 1.82) is 0 Å². The van der Waals surface area contributed by atoms with Crippen LogP contribution in [-0.4, -0.2) is 30.7 Å². The number of esters is 1. The van der Waals surface area contributed by atoms with E-state index in [0.29, 0.717) is 23.0 Å². The largest absolute Gasteiger partial charge is 0.419 e. The lowest BCUT2D eigenvalue weighted by atomic mass is 10.2. The normalized spacial score (nSPS) is 11.1. The molecule has 1 aromatic carbocycles. The molecule has 0 saturated heterocycles. The third kappa shape index (κ3) is 3.91. The number of carbonyl (C=O) groups is 1. The van der Waals surface area contributed by atoms with E-state index in [0.717, 1.165) is 6.20 Å². The maximum absolute atomic E-state index is 14.1. The highest BCUT2D eigenvalue weighted by Gasteiger charge is 2.21. The summed E-state index contributed by atoms with van der Waals surface area (Å²) in [5.74, 6) is -1.81. The first-order chi connectivity index (χ1) is 14.9. The number of aryl methyl sites for hydroxylation is 1. The van der Waals surface area contributed by atoms with Crippen LogP contribution in [0.3, 0.4) is 0 Å². The van der Waals surface area contributed by atoms with Gasteiger partial charge in [0, 0.05) is 12.5 Å². The highest BCUT2D eigenvalue weighted by molar-refractivity contribution is 5.89. The van der Waals surface area contributed by atoms with Crippen LogP contribution in [0.15, 0.2) is 41.3 Å². The zero-order valence-corrected chi connectivity index (χ0v) is 16.6. The molecule has 0 aliphatic carbocycles. The molecular formula is C21H17F2N5O3. The van der Waals surface area contributed by atoms with Crippen LogP contribution >= 0.6 is 0 Å². The summed E-state index contributed by atoms with van der Waals surface area (Å²) in [5, 5.41) is 4.72. The Bertz CT molecular complexity index is 1360. The van der Waals surface area contributed by atoms with Gasteiger partial charge < -0.3 is 9.72 Å². The highest BCUT2D eigenvalue weighted by Crippen LogP contribution is 2.27. The second kappa shape index (κ2) is 8.05. The van der Waals surface area contributed by atoms with E-state index in [1.165, 1.54) is 23.7 Å². The van der Waals surface area contributed by atoms with Crippen molar-refractivity contribution in [2.75, 3.05) is 0 Å². The lowest BCUT2D eigenvalue weighted by Gasteiger charge is -2.07. The van der Waals surface area contributed by atoms with Crippen LogP contribution in [0.5, 0.6) is 5.75 Å². The number of fused-ring (bicyclic) bond motifs is 1. The molecule has 0 aliphatic heterocycles. The molecule has 0 spiro atoms. The first kappa shape index (κ1) is 20.3. The smallest absolute Gasteiger partial charge is 0.308 e. The van der Waals surface area contributed by atoms with E-state index >= 15 is 0 Å². The third-order valence-corrected chi connectivity index (χ3v) is 4.58. The number of rotatable bonds is 5. The summed E-state index contributed by atoms with van der Waals surface area (Å²) in [6.45, 7) is 2.96. The summed E-state index contributed by atoms with van der Waals surface area (Å²) in [6, 6.07) is 7.42. The van der Waals surface area contributed by atoms with Crippen LogP contribution in [0.1, 0.15) is 25.1 Å². The number of hydrogen-bond acceptors (Lipinski definition) is 6. The first-order valence-electron chi connectivity index (χ1n) is 9.44. The fourth-order valence-electron chi connectivity index (χ4n) is 3.22. The van der Waals surface area contributed by atoms with Crippen LogP contribution in [0.2, 0.25) is 0 Å². The van der Waals surface area contributed by atoms with E-state index in [-0.39, 0.29) is 29.5 Å². The number of aromatic nitrogens is 5. The summed E-state index contributed by atoms with van der Waals surface area (Å²) in [7, 11) is 0. The van der Waals surface area contributed by atoms with Crippen molar-refractivity contribution < 1.29 is 18.3 Å². The van der Waals surface area contributed by atoms with Crippen molar-refractivity contribution in [1.82, 2.24) is 24.7 Å². The van der Waals surface area contributed by atoms with Crippen LogP contribution < -0.4 is 10.3 Å². The summed E-state index contributed by atoms with van der Waals surface area (Å²) in [5.41, 5.74) is 0.405. The Kier molecular flexibility index (Phi) is 5.28. The van der Waals surface area contributed by atoms with Gasteiger partial charge >= 0.3 is 5.97 Å². The second-order valence-corrected chi connectivity index (χ2v) is 6.76. The minimum absolute atomic E-state index is 0.0399. The number of nitrogens with zero attached hydrogens (tertiary/aromatic N) is 4. The summed E-state index contributed by atoms with van der Waals surface area (Å²) in [6.07, 6.45) is 1.34. The predicted molar refractivity (Wildman–Crippen MR) is 108 cm³/mol. The zero-order valence-electron chi connectivity index (χ0n) is 16.6. The number of hydrogen-bond donors (Lipinski definition) is 1. The number of H-pyrrole nitrogens is 1. The molecule has 0 fully saturated rings. The number of ether oxygens (including phenoxy) is 1. The number of benzene rings is 1. The Balaban J connectivity index is 1.89. The molecule has 3 heterocycles. The molecule has 0 saturated carbocycles. The van der Waals surface area contributed by atoms with Gasteiger partial charge in [0.15, 0.2) is 11.5 Å². The Labute approximate surface area is 174 Å². The number of pyridine rings is 1. The molecule has 0 atom stereocenters. The fraction of sp³-hybridized carbons (Fsp3) is 0.190. The molecule has 158 valence electrons. The predicted octanol–water partition coefficient (Wildman–Crippen LogP) is 3.00. The monoisotopic (exact) mass is 425 g/mol. The van der Waals surface area contributed by atoms with Crippen molar-refractivity contribution >= 4 is 17.0 Å². The van der Waals surface area contributed by atoms with Crippen LogP contribution in [-0.2, 0) is 17.8 Å². The average Bonchev–Trinajstić information content (AvgIpc) is 3.08. The van der Waals surface area contributed by atoms with Gasteiger partial charge in [0.05, 0.1) is 23.8 Å². The molecule has 1 N–H and O–H groups in total. The molecule has 0 radical (unpaired) electrons. The minimum atomic E-state index is -0.668. The lowest BCUT2D eigenvalue weighted by molar-refractivity contribution is -0.132. The van der Waals surface area contributed by atoms with Crippen molar-refractivity contribution in [3.05, 3.63) is 69.8 Å². The number of aromatic amines is 1. The SMILES string of the molecule is CCc1nc(-c2nn(Cc3ccccc3F)c3ncc(F)cc23)[nH]c(=O)c1OC(C)=O. The quantitative estimate of drug-likeness (QED) is 0.493. The number of halogens is 2. The van der Waals surface area contributed by atoms with Gasteiger partial charge in [0.1, 0.15) is 17.3 Å². The van der Waals surface area contributed by atoms with Gasteiger partial charge in [-0.2, -0.15) is 5.10 Å². The molecule has 31 heavy (non-hydrogen) atoms. The van der Waals surface area contributed by atoms with Crippen LogP contribution in [0.25, 0.3) is 22.6 Å². The molecule has 10 heteroatoms. The van der Waals surface area contributed by atoms with Gasteiger partial charge in [-0.15, -0.1) is 0 Å². The molecule has 4 rings (SSSR count). The van der Waals surface area contributed by atoms with E-state index in [1.54, 1.807) is 25.1 Å². The molecule has 0 unspecified atom stereocenters. The van der Waals surface area contributed by atoms with E-state index in [1.807, 2.05) is 0 Å². The Morgan fingerprint density at radius 3 is 2.74 bits per heavy atom. The maximum Gasteiger partial charge on any atom is 0.308 e. The molecule has 8 nitrogen and oxygen atoms in total. The third-order valence-electron chi connectivity index (χ3n) is 4.58. The summed E-state index contributed by atoms with van der Waals surface area (Å²) in [4.78, 5) is 34.8. The molecule has 0 aliphatic rings. The Morgan fingerprint density at radius 2 is 2.03 bits per heavy atom. The van der Waals surface area contributed by atoms with Crippen molar-refractivity contribution in [3.8, 4) is 17.3 Å². The van der Waals surface area contributed by atoms with Gasteiger partial charge in [-0.05, 0) is 18.6 Å². The van der Waals surface area contributed by atoms with E-state index in [4.69, 9.17) is 4.74 Å². The Morgan fingerprint density at radius 1 is 1.26 bits per heavy atom. The van der Waals surface area contributed by atoms with Gasteiger partial charge in [0.2, 0.25) is 5.75 Å². The topological polar surface area (TPSA) is 103 Å². The Hall–Kier alpha value is -3.95. The molecule has 0 amide bonds. The van der Waals surface area contributed by atoms with Crippen molar-refractivity contribution in [2.24, 2.45) is 0 Å². The van der Waals surface area contributed by atoms with Gasteiger partial charge in [-0.25, -0.2) is 23.4 Å². The number of nitrogens with one attached hydrogen (secondary N) is 1. The molecule has 0 bridgehead atoms. The zero-order chi connectivity index (χ0) is 22.1. The van der Waals surface area contributed by atoms with Crippen LogP contribution in [0.4, 0.5) is 8.78 Å². The van der Waals surface area contributed by atoms with Gasteiger partial charge in [-0.3, -0.25) is 9.59 Å². The number of carbonyl (C=O) groups excluding carboxylic acids is 1. The lowest BCUT2D eigenvalue weighted by Crippen LogP contribution is -2.19. The van der Waals surface area contributed by atoms with Crippen molar-refractivity contribution in [3.63, 3.8) is 0 Å². The average molecular weight is 425 g/mol. The first-order valence-corrected chi connectivity index (χ1v) is 9.44. The van der Waals surface area contributed by atoms with Crippen LogP contribution in [0, 0.1) is 11.6 Å². The van der Waals surface area contributed by atoms with Gasteiger partial charge in [0.25, 0.3) is 5.56 Å². The molecule has 3 aromatic heterocycles. The minimum Gasteiger partial charge on any atom is -0.419 e. The summed E-state index contributed by atoms with van der Waals surface area (Å²) < 4.78 is 34.5. The van der Waals surface area contributed by atoms with E-state index < -0.39 is 23.2 Å².